The minimum Gasteiger partial charge on any atom is -0.495 e. The van der Waals surface area contributed by atoms with E-state index in [1.165, 1.54) is 0 Å². The number of benzene rings is 2. The fourth-order valence-corrected chi connectivity index (χ4v) is 1.89. The highest BCUT2D eigenvalue weighted by Gasteiger charge is 2.09. The van der Waals surface area contributed by atoms with Crippen molar-refractivity contribution in [2.45, 2.75) is 0 Å². The number of hydrogen-bond acceptors (Lipinski definition) is 4. The SMILES string of the molecule is COCCOc1ccc(C(=O)Nc2ccccc2OC)cc1. The quantitative estimate of drug-likeness (QED) is 0.799. The molecule has 0 aliphatic heterocycles. The number of rotatable bonds is 7. The predicted octanol–water partition coefficient (Wildman–Crippen LogP) is 2.97. The molecule has 116 valence electrons. The van der Waals surface area contributed by atoms with Crippen molar-refractivity contribution in [3.8, 4) is 11.5 Å². The van der Waals surface area contributed by atoms with Crippen LogP contribution >= 0.6 is 0 Å². The summed E-state index contributed by atoms with van der Waals surface area (Å²) in [6.07, 6.45) is 0. The molecule has 2 rings (SSSR count). The summed E-state index contributed by atoms with van der Waals surface area (Å²) in [5.74, 6) is 1.12. The Balaban J connectivity index is 2.00. The number of carbonyl (C=O) groups excluding carboxylic acids is 1. The molecule has 2 aromatic carbocycles. The summed E-state index contributed by atoms with van der Waals surface area (Å²) in [6, 6.07) is 14.2. The topological polar surface area (TPSA) is 56.8 Å². The number of ether oxygens (including phenoxy) is 3. The molecule has 5 nitrogen and oxygen atoms in total. The lowest BCUT2D eigenvalue weighted by Crippen LogP contribution is -2.12. The molecule has 0 aliphatic carbocycles. The summed E-state index contributed by atoms with van der Waals surface area (Å²) in [5.41, 5.74) is 1.18. The number of anilines is 1. The summed E-state index contributed by atoms with van der Waals surface area (Å²) in [5, 5.41) is 2.82. The van der Waals surface area contributed by atoms with Crippen LogP contribution in [0.5, 0.6) is 11.5 Å². The predicted molar refractivity (Wildman–Crippen MR) is 84.8 cm³/mol. The first-order valence-electron chi connectivity index (χ1n) is 6.90. The molecule has 0 bridgehead atoms. The molecule has 0 radical (unpaired) electrons. The summed E-state index contributed by atoms with van der Waals surface area (Å²) >= 11 is 0. The molecule has 0 saturated heterocycles. The van der Waals surface area contributed by atoms with E-state index in [2.05, 4.69) is 5.32 Å². The third-order valence-corrected chi connectivity index (χ3v) is 3.03. The maximum Gasteiger partial charge on any atom is 0.255 e. The first-order chi connectivity index (χ1) is 10.7. The van der Waals surface area contributed by atoms with Crippen LogP contribution in [0.1, 0.15) is 10.4 Å². The van der Waals surface area contributed by atoms with Gasteiger partial charge in [0.05, 0.1) is 19.4 Å². The Morgan fingerprint density at radius 3 is 2.41 bits per heavy atom. The standard InChI is InChI=1S/C17H19NO4/c1-20-11-12-22-14-9-7-13(8-10-14)17(19)18-15-5-3-4-6-16(15)21-2/h3-10H,11-12H2,1-2H3,(H,18,19). The van der Waals surface area contributed by atoms with Crippen molar-refractivity contribution >= 4 is 11.6 Å². The van der Waals surface area contributed by atoms with E-state index in [9.17, 15) is 4.79 Å². The van der Waals surface area contributed by atoms with Crippen molar-refractivity contribution in [2.24, 2.45) is 0 Å². The lowest BCUT2D eigenvalue weighted by molar-refractivity contribution is 0.102. The smallest absolute Gasteiger partial charge is 0.255 e. The van der Waals surface area contributed by atoms with Crippen molar-refractivity contribution in [3.05, 3.63) is 54.1 Å². The Bertz CT molecular complexity index is 610. The van der Waals surface area contributed by atoms with E-state index in [4.69, 9.17) is 14.2 Å². The zero-order valence-electron chi connectivity index (χ0n) is 12.7. The van der Waals surface area contributed by atoms with Crippen LogP contribution in [-0.2, 0) is 4.74 Å². The Morgan fingerprint density at radius 2 is 1.73 bits per heavy atom. The first-order valence-corrected chi connectivity index (χ1v) is 6.90. The van der Waals surface area contributed by atoms with Gasteiger partial charge in [-0.3, -0.25) is 4.79 Å². The number of hydrogen-bond donors (Lipinski definition) is 1. The van der Waals surface area contributed by atoms with Crippen LogP contribution in [-0.4, -0.2) is 33.3 Å². The average Bonchev–Trinajstić information content (AvgIpc) is 2.56. The Kier molecular flexibility index (Phi) is 5.80. The maximum absolute atomic E-state index is 12.2. The molecule has 1 N–H and O–H groups in total. The minimum atomic E-state index is -0.201. The molecule has 0 fully saturated rings. The van der Waals surface area contributed by atoms with Gasteiger partial charge in [0, 0.05) is 12.7 Å². The van der Waals surface area contributed by atoms with E-state index in [0.29, 0.717) is 36.0 Å². The summed E-state index contributed by atoms with van der Waals surface area (Å²) in [7, 11) is 3.19. The lowest BCUT2D eigenvalue weighted by Gasteiger charge is -2.10. The van der Waals surface area contributed by atoms with Crippen LogP contribution in [0.4, 0.5) is 5.69 Å². The van der Waals surface area contributed by atoms with Gasteiger partial charge >= 0.3 is 0 Å². The molecule has 22 heavy (non-hydrogen) atoms. The number of methoxy groups -OCH3 is 2. The highest BCUT2D eigenvalue weighted by atomic mass is 16.5. The van der Waals surface area contributed by atoms with Crippen LogP contribution in [0.25, 0.3) is 0 Å². The molecule has 2 aromatic rings. The van der Waals surface area contributed by atoms with Crippen molar-refractivity contribution < 1.29 is 19.0 Å². The Labute approximate surface area is 129 Å². The van der Waals surface area contributed by atoms with Gasteiger partial charge in [0.25, 0.3) is 5.91 Å². The van der Waals surface area contributed by atoms with Crippen molar-refractivity contribution in [1.82, 2.24) is 0 Å². The van der Waals surface area contributed by atoms with Gasteiger partial charge in [-0.25, -0.2) is 0 Å². The van der Waals surface area contributed by atoms with Crippen LogP contribution < -0.4 is 14.8 Å². The number of amides is 1. The van der Waals surface area contributed by atoms with E-state index in [1.54, 1.807) is 50.6 Å². The highest BCUT2D eigenvalue weighted by molar-refractivity contribution is 6.05. The Hall–Kier alpha value is -2.53. The Morgan fingerprint density at radius 1 is 1.00 bits per heavy atom. The number of nitrogens with one attached hydrogen (secondary N) is 1. The van der Waals surface area contributed by atoms with Gasteiger partial charge in [0.15, 0.2) is 0 Å². The van der Waals surface area contributed by atoms with Gasteiger partial charge in [-0.05, 0) is 36.4 Å². The van der Waals surface area contributed by atoms with E-state index in [1.807, 2.05) is 12.1 Å². The molecule has 0 atom stereocenters. The normalized spacial score (nSPS) is 10.1. The number of carbonyl (C=O) groups is 1. The van der Waals surface area contributed by atoms with Crippen molar-refractivity contribution in [3.63, 3.8) is 0 Å². The second kappa shape index (κ2) is 8.05. The van der Waals surface area contributed by atoms with Gasteiger partial charge in [-0.2, -0.15) is 0 Å². The van der Waals surface area contributed by atoms with E-state index in [-0.39, 0.29) is 5.91 Å². The van der Waals surface area contributed by atoms with Crippen LogP contribution in [0, 0.1) is 0 Å². The summed E-state index contributed by atoms with van der Waals surface area (Å²) in [6.45, 7) is 0.999. The van der Waals surface area contributed by atoms with Crippen molar-refractivity contribution in [2.75, 3.05) is 32.8 Å². The fourth-order valence-electron chi connectivity index (χ4n) is 1.89. The zero-order valence-corrected chi connectivity index (χ0v) is 12.7. The van der Waals surface area contributed by atoms with Crippen molar-refractivity contribution in [1.29, 1.82) is 0 Å². The van der Waals surface area contributed by atoms with E-state index < -0.39 is 0 Å². The second-order valence-corrected chi connectivity index (χ2v) is 4.52. The van der Waals surface area contributed by atoms with Crippen LogP contribution in [0.2, 0.25) is 0 Å². The molecule has 0 heterocycles. The van der Waals surface area contributed by atoms with Gasteiger partial charge in [-0.15, -0.1) is 0 Å². The molecule has 0 saturated carbocycles. The second-order valence-electron chi connectivity index (χ2n) is 4.52. The van der Waals surface area contributed by atoms with Crippen LogP contribution in [0.3, 0.4) is 0 Å². The fraction of sp³-hybridized carbons (Fsp3) is 0.235. The molecule has 0 spiro atoms. The largest absolute Gasteiger partial charge is 0.495 e. The van der Waals surface area contributed by atoms with E-state index in [0.717, 1.165) is 0 Å². The average molecular weight is 301 g/mol. The molecule has 5 heteroatoms. The monoisotopic (exact) mass is 301 g/mol. The zero-order chi connectivity index (χ0) is 15.8. The highest BCUT2D eigenvalue weighted by Crippen LogP contribution is 2.24. The third-order valence-electron chi connectivity index (χ3n) is 3.03. The molecule has 0 aliphatic rings. The summed E-state index contributed by atoms with van der Waals surface area (Å²) in [4.78, 5) is 12.2. The van der Waals surface area contributed by atoms with Gasteiger partial charge < -0.3 is 19.5 Å². The third kappa shape index (κ3) is 4.23. The molecule has 0 unspecified atom stereocenters. The van der Waals surface area contributed by atoms with Gasteiger partial charge in [0.2, 0.25) is 0 Å². The van der Waals surface area contributed by atoms with Crippen LogP contribution in [0.15, 0.2) is 48.5 Å². The molecule has 0 aromatic heterocycles. The van der Waals surface area contributed by atoms with Gasteiger partial charge in [0.1, 0.15) is 18.1 Å². The van der Waals surface area contributed by atoms with Gasteiger partial charge in [-0.1, -0.05) is 12.1 Å². The lowest BCUT2D eigenvalue weighted by atomic mass is 10.2. The maximum atomic E-state index is 12.2. The minimum absolute atomic E-state index is 0.201. The first kappa shape index (κ1) is 15.9. The van der Waals surface area contributed by atoms with E-state index >= 15 is 0 Å². The molecular formula is C17H19NO4. The number of para-hydroxylation sites is 2. The summed E-state index contributed by atoms with van der Waals surface area (Å²) < 4.78 is 15.6. The molecule has 1 amide bonds. The molecular weight excluding hydrogens is 282 g/mol.